The summed E-state index contributed by atoms with van der Waals surface area (Å²) in [5, 5.41) is 3.08. The van der Waals surface area contributed by atoms with Gasteiger partial charge in [-0.1, -0.05) is 12.1 Å². The predicted octanol–water partition coefficient (Wildman–Crippen LogP) is 0.598. The van der Waals surface area contributed by atoms with E-state index in [1.54, 1.807) is 11.6 Å². The van der Waals surface area contributed by atoms with Gasteiger partial charge in [-0.2, -0.15) is 0 Å². The maximum absolute atomic E-state index is 12.8. The summed E-state index contributed by atoms with van der Waals surface area (Å²) in [6.07, 6.45) is 1.47. The van der Waals surface area contributed by atoms with Crippen LogP contribution in [0.5, 0.6) is 0 Å². The van der Waals surface area contributed by atoms with Crippen molar-refractivity contribution in [1.29, 1.82) is 0 Å². The highest BCUT2D eigenvalue weighted by atomic mass is 16.5. The van der Waals surface area contributed by atoms with Crippen molar-refractivity contribution in [2.45, 2.75) is 12.8 Å². The van der Waals surface area contributed by atoms with Gasteiger partial charge in [-0.15, -0.1) is 0 Å². The molecule has 2 aliphatic rings. The number of benzene rings is 1. The number of aryl methyl sites for hydroxylation is 1. The van der Waals surface area contributed by atoms with Crippen LogP contribution in [0.15, 0.2) is 29.1 Å². The van der Waals surface area contributed by atoms with E-state index in [-0.39, 0.29) is 17.4 Å². The van der Waals surface area contributed by atoms with E-state index in [9.17, 15) is 9.59 Å². The summed E-state index contributed by atoms with van der Waals surface area (Å²) in [5.41, 5.74) is 1.56. The van der Waals surface area contributed by atoms with Crippen LogP contribution in [0.2, 0.25) is 0 Å². The van der Waals surface area contributed by atoms with E-state index in [1.807, 2.05) is 29.2 Å². The van der Waals surface area contributed by atoms with Gasteiger partial charge in [-0.3, -0.25) is 14.5 Å². The normalized spacial score (nSPS) is 18.9. The number of rotatable bonds is 5. The molecule has 1 aromatic carbocycles. The minimum absolute atomic E-state index is 0.000229. The van der Waals surface area contributed by atoms with Crippen LogP contribution in [0, 0.1) is 5.92 Å². The van der Waals surface area contributed by atoms with E-state index in [2.05, 4.69) is 15.2 Å². The third-order valence-corrected chi connectivity index (χ3v) is 5.96. The number of morpholine rings is 1. The Morgan fingerprint density at radius 2 is 1.90 bits per heavy atom. The molecule has 2 saturated heterocycles. The van der Waals surface area contributed by atoms with E-state index in [0.717, 1.165) is 56.7 Å². The van der Waals surface area contributed by atoms with E-state index < -0.39 is 0 Å². The van der Waals surface area contributed by atoms with Gasteiger partial charge in [0.2, 0.25) is 5.91 Å². The van der Waals surface area contributed by atoms with Crippen molar-refractivity contribution < 1.29 is 9.53 Å². The van der Waals surface area contributed by atoms with Crippen molar-refractivity contribution in [2.24, 2.45) is 13.0 Å². The Balaban J connectivity index is 1.32. The molecule has 1 amide bonds. The number of carbonyl (C=O) groups is 1. The highest BCUT2D eigenvalue weighted by Crippen LogP contribution is 2.21. The van der Waals surface area contributed by atoms with Gasteiger partial charge in [-0.05, 0) is 25.0 Å². The molecule has 29 heavy (non-hydrogen) atoms. The molecular weight excluding hydrogens is 370 g/mol. The maximum Gasteiger partial charge on any atom is 0.293 e. The molecule has 0 aliphatic carbocycles. The fourth-order valence-electron chi connectivity index (χ4n) is 4.13. The van der Waals surface area contributed by atoms with Crippen LogP contribution >= 0.6 is 0 Å². The number of amides is 1. The van der Waals surface area contributed by atoms with Gasteiger partial charge in [0.05, 0.1) is 24.2 Å². The Labute approximate surface area is 170 Å². The van der Waals surface area contributed by atoms with Crippen LogP contribution in [-0.4, -0.2) is 72.8 Å². The zero-order valence-electron chi connectivity index (χ0n) is 17.0. The zero-order valence-corrected chi connectivity index (χ0v) is 17.0. The summed E-state index contributed by atoms with van der Waals surface area (Å²) < 4.78 is 7.00. The lowest BCUT2D eigenvalue weighted by Gasteiger charge is -2.32. The molecule has 0 radical (unpaired) electrons. The Hall–Kier alpha value is -2.45. The van der Waals surface area contributed by atoms with Crippen molar-refractivity contribution in [3.05, 3.63) is 34.6 Å². The minimum Gasteiger partial charge on any atom is -0.379 e. The van der Waals surface area contributed by atoms with Crippen molar-refractivity contribution in [3.8, 4) is 0 Å². The topological polar surface area (TPSA) is 79.7 Å². The number of aromatic nitrogens is 2. The SMILES string of the molecule is Cn1c(=O)c(N2CCC(C(=O)NCCN3CCOCC3)CC2)nc2ccccc21. The number of carbonyl (C=O) groups excluding carboxylic acids is 1. The highest BCUT2D eigenvalue weighted by molar-refractivity contribution is 5.79. The molecule has 3 heterocycles. The second-order valence-corrected chi connectivity index (χ2v) is 7.79. The molecule has 0 bridgehead atoms. The lowest BCUT2D eigenvalue weighted by atomic mass is 9.96. The standard InChI is InChI=1S/C21H29N5O3/c1-24-18-5-3-2-4-17(18)23-19(21(24)28)26-9-6-16(7-10-26)20(27)22-8-11-25-12-14-29-15-13-25/h2-5,16H,6-15H2,1H3,(H,22,27). The van der Waals surface area contributed by atoms with E-state index in [0.29, 0.717) is 25.5 Å². The summed E-state index contributed by atoms with van der Waals surface area (Å²) in [6, 6.07) is 7.66. The first-order valence-corrected chi connectivity index (χ1v) is 10.4. The summed E-state index contributed by atoms with van der Waals surface area (Å²) >= 11 is 0. The summed E-state index contributed by atoms with van der Waals surface area (Å²) in [5.74, 6) is 0.606. The third kappa shape index (κ3) is 4.43. The molecule has 1 N–H and O–H groups in total. The average molecular weight is 399 g/mol. The largest absolute Gasteiger partial charge is 0.379 e. The Morgan fingerprint density at radius 1 is 1.17 bits per heavy atom. The first kappa shape index (κ1) is 19.8. The van der Waals surface area contributed by atoms with Gasteiger partial charge in [-0.25, -0.2) is 4.98 Å². The van der Waals surface area contributed by atoms with Crippen molar-refractivity contribution >= 4 is 22.8 Å². The quantitative estimate of drug-likeness (QED) is 0.793. The van der Waals surface area contributed by atoms with Gasteiger partial charge in [0.25, 0.3) is 5.56 Å². The second kappa shape index (κ2) is 8.92. The molecular formula is C21H29N5O3. The molecule has 0 saturated carbocycles. The summed E-state index contributed by atoms with van der Waals surface area (Å²) in [7, 11) is 1.78. The first-order chi connectivity index (χ1) is 14.1. The molecule has 156 valence electrons. The Morgan fingerprint density at radius 3 is 2.66 bits per heavy atom. The second-order valence-electron chi connectivity index (χ2n) is 7.79. The number of hydrogen-bond donors (Lipinski definition) is 1. The molecule has 8 heteroatoms. The monoisotopic (exact) mass is 399 g/mol. The van der Waals surface area contributed by atoms with Crippen LogP contribution in [0.3, 0.4) is 0 Å². The molecule has 0 unspecified atom stereocenters. The van der Waals surface area contributed by atoms with Gasteiger partial charge in [0.15, 0.2) is 5.82 Å². The van der Waals surface area contributed by atoms with Gasteiger partial charge < -0.3 is 19.5 Å². The lowest BCUT2D eigenvalue weighted by molar-refractivity contribution is -0.125. The molecule has 1 aromatic heterocycles. The van der Waals surface area contributed by atoms with Crippen LogP contribution in [0.25, 0.3) is 11.0 Å². The van der Waals surface area contributed by atoms with E-state index in [4.69, 9.17) is 4.74 Å². The number of para-hydroxylation sites is 2. The van der Waals surface area contributed by atoms with Crippen LogP contribution in [0.1, 0.15) is 12.8 Å². The Bertz CT molecular complexity index is 914. The fraction of sp³-hybridized carbons (Fsp3) is 0.571. The van der Waals surface area contributed by atoms with Crippen LogP contribution in [-0.2, 0) is 16.6 Å². The zero-order chi connectivity index (χ0) is 20.2. The Kier molecular flexibility index (Phi) is 6.10. The highest BCUT2D eigenvalue weighted by Gasteiger charge is 2.27. The first-order valence-electron chi connectivity index (χ1n) is 10.4. The smallest absolute Gasteiger partial charge is 0.293 e. The van der Waals surface area contributed by atoms with Crippen molar-refractivity contribution in [2.75, 3.05) is 57.4 Å². The maximum atomic E-state index is 12.8. The van der Waals surface area contributed by atoms with Gasteiger partial charge >= 0.3 is 0 Å². The van der Waals surface area contributed by atoms with E-state index >= 15 is 0 Å². The van der Waals surface area contributed by atoms with Crippen LogP contribution in [0.4, 0.5) is 5.82 Å². The molecule has 4 rings (SSSR count). The third-order valence-electron chi connectivity index (χ3n) is 5.96. The van der Waals surface area contributed by atoms with Crippen molar-refractivity contribution in [3.63, 3.8) is 0 Å². The number of fused-ring (bicyclic) bond motifs is 1. The fourth-order valence-corrected chi connectivity index (χ4v) is 4.13. The molecule has 2 fully saturated rings. The number of piperidine rings is 1. The number of anilines is 1. The van der Waals surface area contributed by atoms with Crippen LogP contribution < -0.4 is 15.8 Å². The molecule has 0 spiro atoms. The summed E-state index contributed by atoms with van der Waals surface area (Å²) in [4.78, 5) is 34.2. The number of nitrogens with one attached hydrogen (secondary N) is 1. The molecule has 2 aliphatic heterocycles. The van der Waals surface area contributed by atoms with E-state index in [1.165, 1.54) is 0 Å². The number of hydrogen-bond acceptors (Lipinski definition) is 6. The lowest BCUT2D eigenvalue weighted by Crippen LogP contribution is -2.45. The van der Waals surface area contributed by atoms with Crippen molar-refractivity contribution in [1.82, 2.24) is 19.8 Å². The number of ether oxygens (including phenoxy) is 1. The average Bonchev–Trinajstić information content (AvgIpc) is 2.77. The molecule has 2 aromatic rings. The predicted molar refractivity (Wildman–Crippen MR) is 112 cm³/mol. The van der Waals surface area contributed by atoms with Gasteiger partial charge in [0.1, 0.15) is 0 Å². The minimum atomic E-state index is -0.0860. The summed E-state index contributed by atoms with van der Waals surface area (Å²) in [6.45, 7) is 6.29. The number of nitrogens with zero attached hydrogens (tertiary/aromatic N) is 4. The van der Waals surface area contributed by atoms with Gasteiger partial charge in [0, 0.05) is 52.2 Å². The molecule has 0 atom stereocenters. The molecule has 8 nitrogen and oxygen atoms in total.